The van der Waals surface area contributed by atoms with Gasteiger partial charge in [-0.15, -0.1) is 5.10 Å². The van der Waals surface area contributed by atoms with Gasteiger partial charge in [0.15, 0.2) is 11.6 Å². The molecule has 0 atom stereocenters. The molecular weight excluding hydrogens is 373 g/mol. The molecule has 3 heterocycles. The second-order valence-electron chi connectivity index (χ2n) is 4.78. The lowest BCUT2D eigenvalue weighted by atomic mass is 10.4. The van der Waals surface area contributed by atoms with Crippen molar-refractivity contribution in [2.75, 3.05) is 4.72 Å². The first-order chi connectivity index (χ1) is 11.4. The van der Waals surface area contributed by atoms with Gasteiger partial charge in [0, 0.05) is 18.5 Å². The molecule has 0 spiro atoms. The number of hydrogen-bond donors (Lipinski definition) is 1. The Labute approximate surface area is 148 Å². The largest absolute Gasteiger partial charge is 0.264 e. The molecule has 3 aromatic rings. The highest BCUT2D eigenvalue weighted by molar-refractivity contribution is 7.92. The van der Waals surface area contributed by atoms with Gasteiger partial charge in [-0.3, -0.25) is 4.72 Å². The molecule has 7 nitrogen and oxygen atoms in total. The quantitative estimate of drug-likeness (QED) is 0.699. The van der Waals surface area contributed by atoms with Gasteiger partial charge in [-0.1, -0.05) is 23.2 Å². The molecule has 0 saturated carbocycles. The van der Waals surface area contributed by atoms with Crippen molar-refractivity contribution in [3.63, 3.8) is 0 Å². The van der Waals surface area contributed by atoms with E-state index in [0.717, 1.165) is 0 Å². The van der Waals surface area contributed by atoms with Crippen molar-refractivity contribution in [1.29, 1.82) is 0 Å². The molecule has 0 radical (unpaired) electrons. The van der Waals surface area contributed by atoms with Crippen LogP contribution in [0.3, 0.4) is 0 Å². The number of nitrogens with one attached hydrogen (secondary N) is 1. The van der Waals surface area contributed by atoms with Crippen molar-refractivity contribution in [2.45, 2.75) is 11.8 Å². The number of sulfonamides is 1. The van der Waals surface area contributed by atoms with E-state index < -0.39 is 10.0 Å². The lowest BCUT2D eigenvalue weighted by molar-refractivity contribution is 0.599. The van der Waals surface area contributed by atoms with E-state index >= 15 is 0 Å². The van der Waals surface area contributed by atoms with Gasteiger partial charge in [-0.25, -0.2) is 23.1 Å². The monoisotopic (exact) mass is 383 g/mol. The molecule has 0 unspecified atom stereocenters. The molecule has 0 aromatic carbocycles. The fraction of sp³-hybridized carbons (Fsp3) is 0.0714. The Hall–Kier alpha value is -2.16. The number of rotatable bonds is 4. The molecular formula is C14H11Cl2N5O2S. The third-order valence-electron chi connectivity index (χ3n) is 3.08. The molecule has 0 aliphatic carbocycles. The van der Waals surface area contributed by atoms with Gasteiger partial charge >= 0.3 is 0 Å². The molecule has 0 bridgehead atoms. The molecule has 0 aliphatic rings. The van der Waals surface area contributed by atoms with Crippen LogP contribution >= 0.6 is 23.2 Å². The van der Waals surface area contributed by atoms with Crippen molar-refractivity contribution in [3.05, 3.63) is 58.6 Å². The Bertz CT molecular complexity index is 1000. The molecule has 124 valence electrons. The van der Waals surface area contributed by atoms with E-state index in [1.165, 1.54) is 22.9 Å². The Balaban J connectivity index is 1.90. The van der Waals surface area contributed by atoms with Crippen LogP contribution in [0.2, 0.25) is 10.2 Å². The second-order valence-corrected chi connectivity index (χ2v) is 7.22. The van der Waals surface area contributed by atoms with Crippen LogP contribution in [-0.4, -0.2) is 28.2 Å². The number of anilines is 1. The minimum Gasteiger partial charge on any atom is -0.262 e. The summed E-state index contributed by atoms with van der Waals surface area (Å²) in [5, 5.41) is 4.75. The van der Waals surface area contributed by atoms with Crippen LogP contribution in [0.4, 0.5) is 5.82 Å². The average Bonchev–Trinajstić information content (AvgIpc) is 2.94. The fourth-order valence-corrected chi connectivity index (χ4v) is 3.61. The van der Waals surface area contributed by atoms with Crippen LogP contribution in [0.25, 0.3) is 5.82 Å². The summed E-state index contributed by atoms with van der Waals surface area (Å²) in [5.74, 6) is 0.528. The van der Waals surface area contributed by atoms with Crippen LogP contribution < -0.4 is 4.72 Å². The molecule has 1 N–H and O–H groups in total. The zero-order valence-electron chi connectivity index (χ0n) is 12.3. The Kier molecular flexibility index (Phi) is 4.44. The van der Waals surface area contributed by atoms with Crippen LogP contribution in [-0.2, 0) is 10.0 Å². The second kappa shape index (κ2) is 6.39. The molecule has 10 heteroatoms. The standard InChI is InChI=1S/C14H11Cl2N5O2S/c1-9-11(4-5-12(16)18-9)24(22,23)20-13-6-8-21(19-13)14-10(15)3-2-7-17-14/h2-8H,1H3,(H,19,20). The number of nitrogens with zero attached hydrogens (tertiary/aromatic N) is 4. The Morgan fingerprint density at radius 3 is 2.67 bits per heavy atom. The topological polar surface area (TPSA) is 89.8 Å². The summed E-state index contributed by atoms with van der Waals surface area (Å²) in [6, 6.07) is 7.66. The van der Waals surface area contributed by atoms with Gasteiger partial charge in [0.1, 0.15) is 10.0 Å². The van der Waals surface area contributed by atoms with E-state index in [4.69, 9.17) is 23.2 Å². The zero-order valence-corrected chi connectivity index (χ0v) is 14.6. The van der Waals surface area contributed by atoms with Crippen LogP contribution in [0.15, 0.2) is 47.6 Å². The third-order valence-corrected chi connectivity index (χ3v) is 5.07. The summed E-state index contributed by atoms with van der Waals surface area (Å²) < 4.78 is 28.7. The van der Waals surface area contributed by atoms with E-state index in [1.807, 2.05) is 0 Å². The van der Waals surface area contributed by atoms with Crippen molar-refractivity contribution >= 4 is 39.0 Å². The minimum absolute atomic E-state index is 0.0253. The molecule has 0 amide bonds. The number of aromatic nitrogens is 4. The summed E-state index contributed by atoms with van der Waals surface area (Å²) in [4.78, 5) is 8.07. The zero-order chi connectivity index (χ0) is 17.3. The highest BCUT2D eigenvalue weighted by Gasteiger charge is 2.19. The van der Waals surface area contributed by atoms with Crippen molar-refractivity contribution in [1.82, 2.24) is 19.7 Å². The highest BCUT2D eigenvalue weighted by atomic mass is 35.5. The number of aryl methyl sites for hydroxylation is 1. The average molecular weight is 384 g/mol. The first kappa shape index (κ1) is 16.7. The number of hydrogen-bond acceptors (Lipinski definition) is 5. The Morgan fingerprint density at radius 1 is 1.17 bits per heavy atom. The van der Waals surface area contributed by atoms with Crippen molar-refractivity contribution in [2.24, 2.45) is 0 Å². The van der Waals surface area contributed by atoms with Crippen LogP contribution in [0.5, 0.6) is 0 Å². The summed E-state index contributed by atoms with van der Waals surface area (Å²) in [6.45, 7) is 1.56. The molecule has 0 saturated heterocycles. The molecule has 3 aromatic heterocycles. The highest BCUT2D eigenvalue weighted by Crippen LogP contribution is 2.21. The molecule has 24 heavy (non-hydrogen) atoms. The summed E-state index contributed by atoms with van der Waals surface area (Å²) in [6.07, 6.45) is 3.12. The van der Waals surface area contributed by atoms with Gasteiger partial charge < -0.3 is 0 Å². The van der Waals surface area contributed by atoms with Gasteiger partial charge in [0.25, 0.3) is 10.0 Å². The predicted octanol–water partition coefficient (Wildman–Crippen LogP) is 3.08. The van der Waals surface area contributed by atoms with Gasteiger partial charge in [0.05, 0.1) is 10.7 Å². The predicted molar refractivity (Wildman–Crippen MR) is 91.2 cm³/mol. The van der Waals surface area contributed by atoms with Gasteiger partial charge in [0.2, 0.25) is 0 Å². The van der Waals surface area contributed by atoms with E-state index in [2.05, 4.69) is 19.8 Å². The van der Waals surface area contributed by atoms with Crippen LogP contribution in [0, 0.1) is 6.92 Å². The maximum absolute atomic E-state index is 12.5. The summed E-state index contributed by atoms with van der Waals surface area (Å²) in [7, 11) is -3.84. The maximum Gasteiger partial charge on any atom is 0.264 e. The van der Waals surface area contributed by atoms with Gasteiger partial charge in [-0.2, -0.15) is 0 Å². The van der Waals surface area contributed by atoms with Crippen molar-refractivity contribution in [3.8, 4) is 5.82 Å². The lowest BCUT2D eigenvalue weighted by Gasteiger charge is -2.08. The minimum atomic E-state index is -3.84. The lowest BCUT2D eigenvalue weighted by Crippen LogP contribution is -2.15. The van der Waals surface area contributed by atoms with E-state index in [1.54, 1.807) is 31.5 Å². The first-order valence-corrected chi connectivity index (χ1v) is 8.93. The Morgan fingerprint density at radius 2 is 1.96 bits per heavy atom. The molecule has 0 aliphatic heterocycles. The van der Waals surface area contributed by atoms with Crippen LogP contribution in [0.1, 0.15) is 5.69 Å². The van der Waals surface area contributed by atoms with E-state index in [0.29, 0.717) is 16.5 Å². The smallest absolute Gasteiger partial charge is 0.262 e. The number of halogens is 2. The first-order valence-electron chi connectivity index (χ1n) is 6.69. The van der Waals surface area contributed by atoms with Crippen molar-refractivity contribution < 1.29 is 8.42 Å². The fourth-order valence-electron chi connectivity index (χ4n) is 2.04. The van der Waals surface area contributed by atoms with Gasteiger partial charge in [-0.05, 0) is 31.2 Å². The van der Waals surface area contributed by atoms with E-state index in [9.17, 15) is 8.42 Å². The summed E-state index contributed by atoms with van der Waals surface area (Å²) in [5.41, 5.74) is 0.294. The molecule has 0 fully saturated rings. The maximum atomic E-state index is 12.5. The van der Waals surface area contributed by atoms with E-state index in [-0.39, 0.29) is 15.9 Å². The normalized spacial score (nSPS) is 11.5. The summed E-state index contributed by atoms with van der Waals surface area (Å²) >= 11 is 11.8. The SMILES string of the molecule is Cc1nc(Cl)ccc1S(=O)(=O)Nc1ccn(-c2ncccc2Cl)n1. The third kappa shape index (κ3) is 3.35. The molecule has 3 rings (SSSR count). The number of pyridine rings is 2.